The van der Waals surface area contributed by atoms with Crippen molar-refractivity contribution in [2.75, 3.05) is 6.54 Å². The highest BCUT2D eigenvalue weighted by Crippen LogP contribution is 2.37. The summed E-state index contributed by atoms with van der Waals surface area (Å²) in [4.78, 5) is 30.1. The molecule has 0 saturated heterocycles. The third kappa shape index (κ3) is 4.97. The Morgan fingerprint density at radius 1 is 1.19 bits per heavy atom. The monoisotopic (exact) mass is 442 g/mol. The van der Waals surface area contributed by atoms with Crippen LogP contribution in [0.1, 0.15) is 69.0 Å². The number of rotatable bonds is 4. The molecule has 2 aromatic heterocycles. The van der Waals surface area contributed by atoms with E-state index in [1.54, 1.807) is 4.57 Å². The second kappa shape index (κ2) is 9.59. The molecule has 0 aromatic carbocycles. The molecule has 2 amide bonds. The number of fused-ring (bicyclic) bond motifs is 1. The van der Waals surface area contributed by atoms with Gasteiger partial charge in [-0.2, -0.15) is 0 Å². The van der Waals surface area contributed by atoms with Gasteiger partial charge < -0.3 is 15.2 Å². The molecule has 2 aliphatic rings. The normalized spacial score (nSPS) is 28.4. The number of aryl methyl sites for hydroxylation is 2. The Balaban J connectivity index is 1.42. The number of hydrogen-bond donors (Lipinski definition) is 2. The van der Waals surface area contributed by atoms with Crippen LogP contribution in [0.4, 0.5) is 9.18 Å². The first-order valence-corrected chi connectivity index (χ1v) is 12.0. The van der Waals surface area contributed by atoms with E-state index in [0.717, 1.165) is 54.3 Å². The van der Waals surface area contributed by atoms with E-state index in [1.165, 1.54) is 0 Å². The first-order valence-electron chi connectivity index (χ1n) is 12.0. The number of nitrogens with zero attached hydrogens (tertiary/aromatic N) is 2. The van der Waals surface area contributed by atoms with Crippen LogP contribution in [0.2, 0.25) is 0 Å². The molecule has 4 rings (SSSR count). The molecule has 2 saturated carbocycles. The minimum absolute atomic E-state index is 0.0357. The van der Waals surface area contributed by atoms with Gasteiger partial charge in [0.25, 0.3) is 5.56 Å². The number of aromatic nitrogens is 2. The maximum Gasteiger partial charge on any atom is 0.315 e. The predicted octanol–water partition coefficient (Wildman–Crippen LogP) is 4.34. The van der Waals surface area contributed by atoms with Crippen molar-refractivity contribution in [3.8, 4) is 0 Å². The van der Waals surface area contributed by atoms with Crippen LogP contribution in [0, 0.1) is 18.8 Å². The van der Waals surface area contributed by atoms with Crippen LogP contribution in [-0.2, 0) is 7.05 Å². The Morgan fingerprint density at radius 3 is 2.69 bits per heavy atom. The maximum atomic E-state index is 13.3. The molecule has 2 N–H and O–H groups in total. The molecule has 2 heterocycles. The number of hydrogen-bond acceptors (Lipinski definition) is 3. The number of halogens is 1. The van der Waals surface area contributed by atoms with Crippen molar-refractivity contribution < 1.29 is 9.18 Å². The lowest BCUT2D eigenvalue weighted by molar-refractivity contribution is 0.198. The summed E-state index contributed by atoms with van der Waals surface area (Å²) < 4.78 is 15.0. The van der Waals surface area contributed by atoms with Gasteiger partial charge in [-0.25, -0.2) is 9.18 Å². The number of pyridine rings is 2. The van der Waals surface area contributed by atoms with E-state index >= 15 is 0 Å². The Morgan fingerprint density at radius 2 is 1.94 bits per heavy atom. The standard InChI is InChI=1S/C25H35FN4O2/c1-15-4-9-20(29-25(32)28-13-17-5-7-19(26)8-6-17)12-21(15)22-11-18-14-27-16(2)10-23(18)30(3)24(22)31/h10-11,14-15,17,19-21H,4-9,12-13H2,1-3H3,(H2,28,29,32). The maximum absolute atomic E-state index is 13.3. The molecule has 32 heavy (non-hydrogen) atoms. The quantitative estimate of drug-likeness (QED) is 0.740. The molecule has 3 unspecified atom stereocenters. The molecular formula is C25H35FN4O2. The lowest BCUT2D eigenvalue weighted by atomic mass is 9.74. The molecule has 2 fully saturated rings. The van der Waals surface area contributed by atoms with Crippen LogP contribution in [0.5, 0.6) is 0 Å². The highest BCUT2D eigenvalue weighted by atomic mass is 19.1. The van der Waals surface area contributed by atoms with E-state index in [-0.39, 0.29) is 23.6 Å². The van der Waals surface area contributed by atoms with Crippen molar-refractivity contribution >= 4 is 16.9 Å². The Bertz CT molecular complexity index is 1030. The Kier molecular flexibility index (Phi) is 6.82. The van der Waals surface area contributed by atoms with Gasteiger partial charge in [0.2, 0.25) is 0 Å². The third-order valence-corrected chi connectivity index (χ3v) is 7.53. The minimum atomic E-state index is -0.677. The van der Waals surface area contributed by atoms with E-state index in [4.69, 9.17) is 0 Å². The summed E-state index contributed by atoms with van der Waals surface area (Å²) in [5.74, 6) is 0.832. The van der Waals surface area contributed by atoms with Crippen molar-refractivity contribution in [1.82, 2.24) is 20.2 Å². The lowest BCUT2D eigenvalue weighted by Gasteiger charge is -2.35. The molecule has 0 aliphatic heterocycles. The number of nitrogens with one attached hydrogen (secondary N) is 2. The summed E-state index contributed by atoms with van der Waals surface area (Å²) in [6, 6.07) is 3.82. The topological polar surface area (TPSA) is 76.0 Å². The van der Waals surface area contributed by atoms with Gasteiger partial charge in [-0.05, 0) is 81.8 Å². The summed E-state index contributed by atoms with van der Waals surface area (Å²) in [6.07, 6.45) is 6.66. The van der Waals surface area contributed by atoms with E-state index in [2.05, 4.69) is 22.5 Å². The predicted molar refractivity (Wildman–Crippen MR) is 125 cm³/mol. The second-order valence-electron chi connectivity index (χ2n) is 9.91. The zero-order valence-electron chi connectivity index (χ0n) is 19.4. The Hall–Kier alpha value is -2.44. The summed E-state index contributed by atoms with van der Waals surface area (Å²) in [6.45, 7) is 4.72. The number of carbonyl (C=O) groups is 1. The lowest BCUT2D eigenvalue weighted by Crippen LogP contribution is -2.46. The minimum Gasteiger partial charge on any atom is -0.338 e. The number of urea groups is 1. The molecule has 0 radical (unpaired) electrons. The number of amides is 2. The zero-order valence-corrected chi connectivity index (χ0v) is 19.4. The van der Waals surface area contributed by atoms with Crippen LogP contribution in [0.25, 0.3) is 10.9 Å². The van der Waals surface area contributed by atoms with Gasteiger partial charge in [-0.1, -0.05) is 6.92 Å². The second-order valence-corrected chi connectivity index (χ2v) is 9.91. The largest absolute Gasteiger partial charge is 0.338 e. The first kappa shape index (κ1) is 22.7. The average molecular weight is 443 g/mol. The first-order chi connectivity index (χ1) is 15.3. The average Bonchev–Trinajstić information content (AvgIpc) is 2.78. The van der Waals surface area contributed by atoms with Gasteiger partial charge in [-0.15, -0.1) is 0 Å². The molecule has 3 atom stereocenters. The fourth-order valence-corrected chi connectivity index (χ4v) is 5.44. The fourth-order valence-electron chi connectivity index (χ4n) is 5.44. The van der Waals surface area contributed by atoms with Gasteiger partial charge in [0.1, 0.15) is 6.17 Å². The highest BCUT2D eigenvalue weighted by molar-refractivity contribution is 5.79. The molecular weight excluding hydrogens is 407 g/mol. The summed E-state index contributed by atoms with van der Waals surface area (Å²) in [5.41, 5.74) is 2.63. The van der Waals surface area contributed by atoms with E-state index in [0.29, 0.717) is 31.2 Å². The third-order valence-electron chi connectivity index (χ3n) is 7.53. The molecule has 0 bridgehead atoms. The van der Waals surface area contributed by atoms with Gasteiger partial charge >= 0.3 is 6.03 Å². The van der Waals surface area contributed by atoms with Crippen molar-refractivity contribution in [3.63, 3.8) is 0 Å². The zero-order chi connectivity index (χ0) is 22.8. The van der Waals surface area contributed by atoms with Gasteiger partial charge in [-0.3, -0.25) is 9.78 Å². The SMILES string of the molecule is Cc1cc2c(cn1)cc(C1CC(NC(=O)NCC3CCC(F)CC3)CCC1C)c(=O)n2C. The smallest absolute Gasteiger partial charge is 0.315 e. The molecule has 6 nitrogen and oxygen atoms in total. The van der Waals surface area contributed by atoms with Gasteiger partial charge in [0, 0.05) is 42.5 Å². The summed E-state index contributed by atoms with van der Waals surface area (Å²) in [5, 5.41) is 7.07. The molecule has 174 valence electrons. The molecule has 7 heteroatoms. The van der Waals surface area contributed by atoms with Crippen LogP contribution in [-0.4, -0.2) is 34.3 Å². The van der Waals surface area contributed by atoms with Crippen molar-refractivity contribution in [3.05, 3.63) is 39.9 Å². The van der Waals surface area contributed by atoms with Crippen molar-refractivity contribution in [2.45, 2.75) is 76.9 Å². The van der Waals surface area contributed by atoms with E-state index < -0.39 is 6.17 Å². The molecule has 2 aliphatic carbocycles. The summed E-state index contributed by atoms with van der Waals surface area (Å²) in [7, 11) is 1.82. The van der Waals surface area contributed by atoms with Crippen LogP contribution < -0.4 is 16.2 Å². The van der Waals surface area contributed by atoms with Crippen LogP contribution in [0.3, 0.4) is 0 Å². The van der Waals surface area contributed by atoms with E-state index in [1.807, 2.05) is 32.3 Å². The van der Waals surface area contributed by atoms with Crippen LogP contribution in [0.15, 0.2) is 23.1 Å². The summed E-state index contributed by atoms with van der Waals surface area (Å²) >= 11 is 0. The van der Waals surface area contributed by atoms with Crippen molar-refractivity contribution in [2.24, 2.45) is 18.9 Å². The van der Waals surface area contributed by atoms with Gasteiger partial charge in [0.15, 0.2) is 0 Å². The van der Waals surface area contributed by atoms with Crippen molar-refractivity contribution in [1.29, 1.82) is 0 Å². The highest BCUT2D eigenvalue weighted by Gasteiger charge is 2.32. The fraction of sp³-hybridized carbons (Fsp3) is 0.640. The number of alkyl halides is 1. The Labute approximate surface area is 189 Å². The molecule has 2 aromatic rings. The van der Waals surface area contributed by atoms with Gasteiger partial charge in [0.05, 0.1) is 5.52 Å². The molecule has 0 spiro atoms. The number of carbonyl (C=O) groups excluding carboxylic acids is 1. The van der Waals surface area contributed by atoms with E-state index in [9.17, 15) is 14.0 Å². The van der Waals surface area contributed by atoms with Crippen LogP contribution >= 0.6 is 0 Å².